The van der Waals surface area contributed by atoms with E-state index in [9.17, 15) is 19.8 Å². The Bertz CT molecular complexity index is 674. The SMILES string of the molecule is Cc1cn([C@@H]2O[C@H](CO)C(O)C2CCCCCCCCS)c(=O)[nH]c1=O. The number of nitrogens with zero attached hydrogens (tertiary/aromatic N) is 1. The number of hydrogen-bond donors (Lipinski definition) is 4. The monoisotopic (exact) mass is 386 g/mol. The minimum absolute atomic E-state index is 0.299. The summed E-state index contributed by atoms with van der Waals surface area (Å²) >= 11 is 4.20. The molecule has 0 bridgehead atoms. The van der Waals surface area contributed by atoms with Gasteiger partial charge in [-0.3, -0.25) is 14.3 Å². The molecule has 1 aromatic heterocycles. The zero-order chi connectivity index (χ0) is 19.1. The third-order valence-electron chi connectivity index (χ3n) is 5.05. The highest BCUT2D eigenvalue weighted by atomic mass is 32.1. The molecule has 1 aliphatic rings. The van der Waals surface area contributed by atoms with Gasteiger partial charge in [0.05, 0.1) is 12.7 Å². The standard InChI is InChI=1S/C18H30N2O5S/c1-12-10-20(18(24)19-16(12)23)17-13(15(22)14(11-21)25-17)8-6-4-2-3-5-7-9-26/h10,13-15,17,21-22,26H,2-9,11H2,1H3,(H,19,23,24)/t13?,14-,15?,17-/m1/s1. The van der Waals surface area contributed by atoms with E-state index < -0.39 is 29.7 Å². The van der Waals surface area contributed by atoms with Crippen LogP contribution in [-0.2, 0) is 4.74 Å². The summed E-state index contributed by atoms with van der Waals surface area (Å²) in [4.78, 5) is 26.0. The lowest BCUT2D eigenvalue weighted by Crippen LogP contribution is -2.36. The van der Waals surface area contributed by atoms with Crippen molar-refractivity contribution in [3.8, 4) is 0 Å². The molecular weight excluding hydrogens is 356 g/mol. The number of H-pyrrole nitrogens is 1. The van der Waals surface area contributed by atoms with Gasteiger partial charge in [-0.2, -0.15) is 12.6 Å². The van der Waals surface area contributed by atoms with Gasteiger partial charge in [-0.25, -0.2) is 4.79 Å². The van der Waals surface area contributed by atoms with Gasteiger partial charge in [0, 0.05) is 17.7 Å². The van der Waals surface area contributed by atoms with Crippen LogP contribution in [0, 0.1) is 12.8 Å². The van der Waals surface area contributed by atoms with Gasteiger partial charge < -0.3 is 14.9 Å². The van der Waals surface area contributed by atoms with Crippen LogP contribution in [0.3, 0.4) is 0 Å². The third-order valence-corrected chi connectivity index (χ3v) is 5.36. The minimum Gasteiger partial charge on any atom is -0.394 e. The molecule has 4 atom stereocenters. The fourth-order valence-corrected chi connectivity index (χ4v) is 3.74. The molecule has 7 nitrogen and oxygen atoms in total. The summed E-state index contributed by atoms with van der Waals surface area (Å²) in [6.45, 7) is 1.30. The minimum atomic E-state index is -0.840. The van der Waals surface area contributed by atoms with Crippen LogP contribution in [0.4, 0.5) is 0 Å². The second-order valence-electron chi connectivity index (χ2n) is 7.01. The van der Waals surface area contributed by atoms with Crippen LogP contribution in [0.2, 0.25) is 0 Å². The molecule has 1 fully saturated rings. The number of aryl methyl sites for hydroxylation is 1. The van der Waals surface area contributed by atoms with Gasteiger partial charge in [-0.15, -0.1) is 0 Å². The van der Waals surface area contributed by atoms with E-state index in [0.29, 0.717) is 12.0 Å². The lowest BCUT2D eigenvalue weighted by Gasteiger charge is -2.22. The van der Waals surface area contributed by atoms with Crippen LogP contribution in [0.25, 0.3) is 0 Å². The first-order chi connectivity index (χ1) is 12.5. The molecule has 0 radical (unpaired) electrons. The molecule has 8 heteroatoms. The highest BCUT2D eigenvalue weighted by Gasteiger charge is 2.44. The molecule has 0 aliphatic carbocycles. The molecule has 0 saturated carbocycles. The highest BCUT2D eigenvalue weighted by Crippen LogP contribution is 2.37. The number of aliphatic hydroxyl groups is 2. The maximum atomic E-state index is 12.2. The van der Waals surface area contributed by atoms with E-state index in [0.717, 1.165) is 31.4 Å². The molecule has 0 aromatic carbocycles. The van der Waals surface area contributed by atoms with Crippen molar-refractivity contribution in [2.45, 2.75) is 70.3 Å². The number of aromatic amines is 1. The Kier molecular flexibility index (Phi) is 8.40. The zero-order valence-electron chi connectivity index (χ0n) is 15.3. The van der Waals surface area contributed by atoms with E-state index in [4.69, 9.17) is 4.74 Å². The molecular formula is C18H30N2O5S. The van der Waals surface area contributed by atoms with E-state index in [2.05, 4.69) is 17.6 Å². The largest absolute Gasteiger partial charge is 0.394 e. The number of nitrogens with one attached hydrogen (secondary N) is 1. The average molecular weight is 387 g/mol. The Morgan fingerprint density at radius 1 is 1.19 bits per heavy atom. The van der Waals surface area contributed by atoms with E-state index in [1.807, 2.05) is 0 Å². The topological polar surface area (TPSA) is 105 Å². The summed E-state index contributed by atoms with van der Waals surface area (Å²) in [6.07, 6.45) is 6.48. The highest BCUT2D eigenvalue weighted by molar-refractivity contribution is 7.80. The molecule has 1 aliphatic heterocycles. The molecule has 2 rings (SSSR count). The number of ether oxygens (including phenoxy) is 1. The van der Waals surface area contributed by atoms with Crippen molar-refractivity contribution in [2.24, 2.45) is 5.92 Å². The Hall–Kier alpha value is -1.09. The summed E-state index contributed by atoms with van der Waals surface area (Å²) in [5.74, 6) is 0.621. The first-order valence-electron chi connectivity index (χ1n) is 9.37. The predicted octanol–water partition coefficient (Wildman–Crippen LogP) is 1.37. The second-order valence-corrected chi connectivity index (χ2v) is 7.46. The lowest BCUT2D eigenvalue weighted by atomic mass is 9.93. The van der Waals surface area contributed by atoms with Gasteiger partial charge in [0.25, 0.3) is 5.56 Å². The first kappa shape index (κ1) is 21.2. The first-order valence-corrected chi connectivity index (χ1v) is 10.00. The molecule has 1 aromatic rings. The van der Waals surface area contributed by atoms with Gasteiger partial charge in [0.15, 0.2) is 0 Å². The van der Waals surface area contributed by atoms with Crippen molar-refractivity contribution >= 4 is 12.6 Å². The quantitative estimate of drug-likeness (QED) is 0.359. The Morgan fingerprint density at radius 3 is 2.50 bits per heavy atom. The van der Waals surface area contributed by atoms with E-state index in [1.54, 1.807) is 6.92 Å². The van der Waals surface area contributed by atoms with Gasteiger partial charge in [-0.05, 0) is 25.5 Å². The molecule has 2 heterocycles. The van der Waals surface area contributed by atoms with Crippen molar-refractivity contribution < 1.29 is 14.9 Å². The maximum absolute atomic E-state index is 12.2. The van der Waals surface area contributed by atoms with Crippen molar-refractivity contribution in [3.63, 3.8) is 0 Å². The normalized spacial score (nSPS) is 25.7. The molecule has 0 spiro atoms. The Labute approximate surface area is 158 Å². The van der Waals surface area contributed by atoms with Crippen molar-refractivity contribution in [1.29, 1.82) is 0 Å². The Morgan fingerprint density at radius 2 is 1.85 bits per heavy atom. The van der Waals surface area contributed by atoms with Crippen LogP contribution >= 0.6 is 12.6 Å². The smallest absolute Gasteiger partial charge is 0.330 e. The molecule has 1 saturated heterocycles. The van der Waals surface area contributed by atoms with Gasteiger partial charge in [0.2, 0.25) is 0 Å². The van der Waals surface area contributed by atoms with E-state index in [-0.39, 0.29) is 12.5 Å². The average Bonchev–Trinajstić information content (AvgIpc) is 2.93. The molecule has 2 unspecified atom stereocenters. The zero-order valence-corrected chi connectivity index (χ0v) is 16.2. The van der Waals surface area contributed by atoms with E-state index >= 15 is 0 Å². The van der Waals surface area contributed by atoms with Crippen LogP contribution in [0.15, 0.2) is 15.8 Å². The summed E-state index contributed by atoms with van der Waals surface area (Å²) < 4.78 is 7.07. The lowest BCUT2D eigenvalue weighted by molar-refractivity contribution is -0.0484. The van der Waals surface area contributed by atoms with Crippen molar-refractivity contribution in [3.05, 3.63) is 32.6 Å². The molecule has 148 valence electrons. The number of thiol groups is 1. The number of rotatable bonds is 10. The van der Waals surface area contributed by atoms with Gasteiger partial charge in [-0.1, -0.05) is 32.1 Å². The van der Waals surface area contributed by atoms with Gasteiger partial charge in [0.1, 0.15) is 12.3 Å². The van der Waals surface area contributed by atoms with Crippen LogP contribution in [0.5, 0.6) is 0 Å². The fraction of sp³-hybridized carbons (Fsp3) is 0.778. The van der Waals surface area contributed by atoms with Gasteiger partial charge >= 0.3 is 5.69 Å². The number of hydrogen-bond acceptors (Lipinski definition) is 6. The number of aromatic nitrogens is 2. The molecule has 3 N–H and O–H groups in total. The Balaban J connectivity index is 2.03. The predicted molar refractivity (Wildman–Crippen MR) is 103 cm³/mol. The maximum Gasteiger partial charge on any atom is 0.330 e. The number of aliphatic hydroxyl groups excluding tert-OH is 2. The van der Waals surface area contributed by atoms with Crippen LogP contribution < -0.4 is 11.2 Å². The van der Waals surface area contributed by atoms with Crippen LogP contribution in [-0.4, -0.2) is 44.3 Å². The van der Waals surface area contributed by atoms with E-state index in [1.165, 1.54) is 23.6 Å². The van der Waals surface area contributed by atoms with Crippen molar-refractivity contribution in [1.82, 2.24) is 9.55 Å². The summed E-state index contributed by atoms with van der Waals surface area (Å²) in [5.41, 5.74) is -0.590. The molecule has 0 amide bonds. The third kappa shape index (κ3) is 5.22. The number of unbranched alkanes of at least 4 members (excludes halogenated alkanes) is 5. The molecule has 26 heavy (non-hydrogen) atoms. The summed E-state index contributed by atoms with van der Waals surface area (Å²) in [6, 6.07) is 0. The summed E-state index contributed by atoms with van der Waals surface area (Å²) in [5, 5.41) is 19.9. The second kappa shape index (κ2) is 10.3. The van der Waals surface area contributed by atoms with Crippen molar-refractivity contribution in [2.75, 3.05) is 12.4 Å². The summed E-state index contributed by atoms with van der Waals surface area (Å²) in [7, 11) is 0. The fourth-order valence-electron chi connectivity index (χ4n) is 3.52. The van der Waals surface area contributed by atoms with Crippen LogP contribution in [0.1, 0.15) is 56.7 Å².